The fourth-order valence-corrected chi connectivity index (χ4v) is 2.41. The molecule has 0 bridgehead atoms. The van der Waals surface area contributed by atoms with Gasteiger partial charge in [0.25, 0.3) is 5.91 Å². The van der Waals surface area contributed by atoms with E-state index in [9.17, 15) is 4.79 Å². The van der Waals surface area contributed by atoms with Crippen LogP contribution in [0.15, 0.2) is 60.8 Å². The van der Waals surface area contributed by atoms with Crippen molar-refractivity contribution in [3.63, 3.8) is 0 Å². The molecule has 2 aromatic carbocycles. The van der Waals surface area contributed by atoms with Gasteiger partial charge in [-0.1, -0.05) is 6.07 Å². The molecule has 3 aromatic rings. The molecule has 0 atom stereocenters. The summed E-state index contributed by atoms with van der Waals surface area (Å²) < 4.78 is 5.20. The first-order valence-corrected chi connectivity index (χ1v) is 8.38. The molecule has 0 spiro atoms. The van der Waals surface area contributed by atoms with E-state index in [1.807, 2.05) is 67.5 Å². The first-order valence-electron chi connectivity index (χ1n) is 8.38. The summed E-state index contributed by atoms with van der Waals surface area (Å²) in [5, 5.41) is 5.91. The van der Waals surface area contributed by atoms with Crippen molar-refractivity contribution in [1.29, 1.82) is 0 Å². The summed E-state index contributed by atoms with van der Waals surface area (Å²) in [5.74, 6) is 0.748. The van der Waals surface area contributed by atoms with Gasteiger partial charge in [-0.25, -0.2) is 9.97 Å². The Balaban J connectivity index is 1.71. The Bertz CT molecular complexity index is 926. The molecule has 0 fully saturated rings. The van der Waals surface area contributed by atoms with Gasteiger partial charge in [-0.2, -0.15) is 0 Å². The lowest BCUT2D eigenvalue weighted by Gasteiger charge is -2.13. The van der Waals surface area contributed by atoms with Crippen LogP contribution in [0.4, 0.5) is 23.0 Å². The van der Waals surface area contributed by atoms with Crippen LogP contribution in [0.1, 0.15) is 10.5 Å². The van der Waals surface area contributed by atoms with E-state index in [-0.39, 0.29) is 11.6 Å². The average Bonchev–Trinajstić information content (AvgIpc) is 2.68. The lowest BCUT2D eigenvalue weighted by atomic mass is 10.2. The zero-order valence-electron chi connectivity index (χ0n) is 15.4. The number of carbonyl (C=O) groups is 1. The molecule has 0 aliphatic heterocycles. The van der Waals surface area contributed by atoms with Gasteiger partial charge < -0.3 is 20.3 Å². The van der Waals surface area contributed by atoms with Gasteiger partial charge in [0.15, 0.2) is 0 Å². The Labute approximate surface area is 158 Å². The fourth-order valence-electron chi connectivity index (χ4n) is 2.41. The number of carbonyl (C=O) groups excluding carboxylic acids is 1. The van der Waals surface area contributed by atoms with Gasteiger partial charge in [0.05, 0.1) is 7.11 Å². The Morgan fingerprint density at radius 2 is 1.81 bits per heavy atom. The van der Waals surface area contributed by atoms with Crippen LogP contribution >= 0.6 is 0 Å². The molecule has 7 heteroatoms. The third kappa shape index (κ3) is 4.72. The number of rotatable bonds is 6. The third-order valence-electron chi connectivity index (χ3n) is 3.86. The molecule has 27 heavy (non-hydrogen) atoms. The first kappa shape index (κ1) is 18.2. The van der Waals surface area contributed by atoms with Crippen LogP contribution in [-0.2, 0) is 0 Å². The molecule has 0 unspecified atom stereocenters. The molecule has 0 aliphatic rings. The quantitative estimate of drug-likeness (QED) is 0.697. The lowest BCUT2D eigenvalue weighted by molar-refractivity contribution is 0.102. The van der Waals surface area contributed by atoms with E-state index >= 15 is 0 Å². The zero-order chi connectivity index (χ0) is 19.2. The monoisotopic (exact) mass is 363 g/mol. The van der Waals surface area contributed by atoms with Crippen molar-refractivity contribution >= 4 is 28.9 Å². The fraction of sp³-hybridized carbons (Fsp3) is 0.150. The highest BCUT2D eigenvalue weighted by Gasteiger charge is 2.10. The highest BCUT2D eigenvalue weighted by molar-refractivity contribution is 6.03. The molecule has 2 N–H and O–H groups in total. The van der Waals surface area contributed by atoms with E-state index in [4.69, 9.17) is 4.74 Å². The van der Waals surface area contributed by atoms with Gasteiger partial charge >= 0.3 is 0 Å². The van der Waals surface area contributed by atoms with Crippen molar-refractivity contribution in [2.45, 2.75) is 0 Å². The number of hydrogen-bond donors (Lipinski definition) is 2. The molecule has 0 saturated carbocycles. The van der Waals surface area contributed by atoms with Crippen LogP contribution in [0.25, 0.3) is 0 Å². The Hall–Kier alpha value is -3.61. The second kappa shape index (κ2) is 8.18. The standard InChI is InChI=1S/C20H21N5O2/c1-25(2)16-9-7-14(8-10-16)22-19(26)18-11-12-21-20(24-18)23-15-5-4-6-17(13-15)27-3/h4-13H,1-3H3,(H,22,26)(H,21,23,24). The molecule has 7 nitrogen and oxygen atoms in total. The summed E-state index contributed by atoms with van der Waals surface area (Å²) in [5.41, 5.74) is 2.80. The third-order valence-corrected chi connectivity index (χ3v) is 3.86. The number of amides is 1. The number of anilines is 4. The summed E-state index contributed by atoms with van der Waals surface area (Å²) in [6.45, 7) is 0. The number of aromatic nitrogens is 2. The van der Waals surface area contributed by atoms with Crippen molar-refractivity contribution in [2.24, 2.45) is 0 Å². The second-order valence-electron chi connectivity index (χ2n) is 6.02. The maximum absolute atomic E-state index is 12.5. The van der Waals surface area contributed by atoms with Gasteiger partial charge in [-0.05, 0) is 42.5 Å². The summed E-state index contributed by atoms with van der Waals surface area (Å²) >= 11 is 0. The smallest absolute Gasteiger partial charge is 0.274 e. The Kier molecular flexibility index (Phi) is 5.51. The molecular formula is C20H21N5O2. The van der Waals surface area contributed by atoms with E-state index < -0.39 is 0 Å². The van der Waals surface area contributed by atoms with Crippen molar-refractivity contribution < 1.29 is 9.53 Å². The number of nitrogens with one attached hydrogen (secondary N) is 2. The average molecular weight is 363 g/mol. The Morgan fingerprint density at radius 1 is 1.04 bits per heavy atom. The maximum Gasteiger partial charge on any atom is 0.274 e. The maximum atomic E-state index is 12.5. The normalized spacial score (nSPS) is 10.2. The summed E-state index contributed by atoms with van der Waals surface area (Å²) in [7, 11) is 5.53. The minimum absolute atomic E-state index is 0.270. The lowest BCUT2D eigenvalue weighted by Crippen LogP contribution is -2.15. The largest absolute Gasteiger partial charge is 0.497 e. The van der Waals surface area contributed by atoms with Crippen molar-refractivity contribution in [3.05, 3.63) is 66.5 Å². The van der Waals surface area contributed by atoms with Crippen LogP contribution in [-0.4, -0.2) is 37.1 Å². The van der Waals surface area contributed by atoms with Gasteiger partial charge in [-0.3, -0.25) is 4.79 Å². The highest BCUT2D eigenvalue weighted by atomic mass is 16.5. The number of benzene rings is 2. The minimum atomic E-state index is -0.302. The minimum Gasteiger partial charge on any atom is -0.497 e. The molecule has 1 aromatic heterocycles. The van der Waals surface area contributed by atoms with Gasteiger partial charge in [0.1, 0.15) is 11.4 Å². The molecule has 0 radical (unpaired) electrons. The van der Waals surface area contributed by atoms with Crippen LogP contribution < -0.4 is 20.3 Å². The number of nitrogens with zero attached hydrogens (tertiary/aromatic N) is 3. The van der Waals surface area contributed by atoms with Crippen LogP contribution in [0, 0.1) is 0 Å². The van der Waals surface area contributed by atoms with E-state index in [0.29, 0.717) is 11.6 Å². The molecule has 1 amide bonds. The van der Waals surface area contributed by atoms with Gasteiger partial charge in [0.2, 0.25) is 5.95 Å². The van der Waals surface area contributed by atoms with Gasteiger partial charge in [-0.15, -0.1) is 0 Å². The molecule has 0 aliphatic carbocycles. The zero-order valence-corrected chi connectivity index (χ0v) is 15.4. The Morgan fingerprint density at radius 3 is 2.52 bits per heavy atom. The first-order chi connectivity index (χ1) is 13.0. The van der Waals surface area contributed by atoms with E-state index in [1.165, 1.54) is 0 Å². The predicted molar refractivity (Wildman–Crippen MR) is 107 cm³/mol. The summed E-state index contributed by atoms with van der Waals surface area (Å²) in [6.07, 6.45) is 1.54. The molecular weight excluding hydrogens is 342 g/mol. The van der Waals surface area contributed by atoms with E-state index in [2.05, 4.69) is 20.6 Å². The molecule has 0 saturated heterocycles. The number of hydrogen-bond acceptors (Lipinski definition) is 6. The number of ether oxygens (including phenoxy) is 1. The van der Waals surface area contributed by atoms with E-state index in [0.717, 1.165) is 17.1 Å². The highest BCUT2D eigenvalue weighted by Crippen LogP contribution is 2.20. The SMILES string of the molecule is COc1cccc(Nc2nccc(C(=O)Nc3ccc(N(C)C)cc3)n2)c1. The molecule has 3 rings (SSSR count). The summed E-state index contributed by atoms with van der Waals surface area (Å²) in [6, 6.07) is 16.5. The summed E-state index contributed by atoms with van der Waals surface area (Å²) in [4.78, 5) is 22.9. The van der Waals surface area contributed by atoms with Crippen LogP contribution in [0.3, 0.4) is 0 Å². The molecule has 138 valence electrons. The van der Waals surface area contributed by atoms with Crippen LogP contribution in [0.2, 0.25) is 0 Å². The number of methoxy groups -OCH3 is 1. The second-order valence-corrected chi connectivity index (χ2v) is 6.02. The van der Waals surface area contributed by atoms with Crippen molar-refractivity contribution in [1.82, 2.24) is 9.97 Å². The van der Waals surface area contributed by atoms with Gasteiger partial charge in [0, 0.05) is 43.4 Å². The van der Waals surface area contributed by atoms with Crippen molar-refractivity contribution in [3.8, 4) is 5.75 Å². The van der Waals surface area contributed by atoms with Crippen molar-refractivity contribution in [2.75, 3.05) is 36.7 Å². The molecule has 1 heterocycles. The predicted octanol–water partition coefficient (Wildman–Crippen LogP) is 3.55. The van der Waals surface area contributed by atoms with Crippen LogP contribution in [0.5, 0.6) is 5.75 Å². The topological polar surface area (TPSA) is 79.4 Å². The van der Waals surface area contributed by atoms with E-state index in [1.54, 1.807) is 19.4 Å².